The van der Waals surface area contributed by atoms with E-state index >= 15 is 8.78 Å². The molecule has 0 bridgehead atoms. The number of hydrogen-bond donors (Lipinski definition) is 0. The molecule has 3 aromatic carbocycles. The van der Waals surface area contributed by atoms with Crippen LogP contribution in [0.4, 0.5) is 17.6 Å². The van der Waals surface area contributed by atoms with Crippen LogP contribution in [0, 0.1) is 23.3 Å². The molecule has 0 unspecified atom stereocenters. The van der Waals surface area contributed by atoms with Gasteiger partial charge in [-0.25, -0.2) is 8.78 Å². The maximum absolute atomic E-state index is 15.5. The number of allylic oxidation sites excluding steroid dienone is 6. The highest BCUT2D eigenvalue weighted by Crippen LogP contribution is 2.47. The van der Waals surface area contributed by atoms with Crippen LogP contribution >= 0.6 is 0 Å². The second kappa shape index (κ2) is 12.2. The molecule has 0 saturated carbocycles. The van der Waals surface area contributed by atoms with Crippen molar-refractivity contribution in [2.45, 2.75) is 38.5 Å². The highest BCUT2D eigenvalue weighted by molar-refractivity contribution is 5.89. The van der Waals surface area contributed by atoms with Crippen molar-refractivity contribution in [2.75, 3.05) is 7.11 Å². The van der Waals surface area contributed by atoms with Gasteiger partial charge in [-0.1, -0.05) is 66.7 Å². The molecular formula is C39H31F4NO3. The number of fused-ring (bicyclic) bond motifs is 2. The minimum atomic E-state index is -1.64. The largest absolute Gasteiger partial charge is 0.491 e. The highest BCUT2D eigenvalue weighted by atomic mass is 19.2. The normalized spacial score (nSPS) is 16.9. The average molecular weight is 638 g/mol. The summed E-state index contributed by atoms with van der Waals surface area (Å²) in [4.78, 5) is 13.3. The molecule has 4 aromatic rings. The van der Waals surface area contributed by atoms with Crippen LogP contribution < -0.4 is 10.3 Å². The van der Waals surface area contributed by atoms with Crippen LogP contribution in [0.2, 0.25) is 0 Å². The van der Waals surface area contributed by atoms with E-state index in [1.54, 1.807) is 17.7 Å². The lowest BCUT2D eigenvalue weighted by Gasteiger charge is -2.30. The maximum Gasteiger partial charge on any atom is 0.251 e. The summed E-state index contributed by atoms with van der Waals surface area (Å²) in [7, 11) is 2.70. The Morgan fingerprint density at radius 3 is 2.11 bits per heavy atom. The Kier molecular flexibility index (Phi) is 7.96. The van der Waals surface area contributed by atoms with E-state index in [1.807, 2.05) is 66.7 Å². The summed E-state index contributed by atoms with van der Waals surface area (Å²) in [5.41, 5.74) is 6.69. The zero-order chi connectivity index (χ0) is 32.8. The summed E-state index contributed by atoms with van der Waals surface area (Å²) in [5, 5.41) is 0. The monoisotopic (exact) mass is 637 g/mol. The molecule has 3 aliphatic rings. The fourth-order valence-electron chi connectivity index (χ4n) is 6.97. The number of hydrogen-bond acceptors (Lipinski definition) is 3. The molecule has 0 saturated heterocycles. The number of benzene rings is 3. The molecule has 0 amide bonds. The van der Waals surface area contributed by atoms with Crippen LogP contribution in [0.15, 0.2) is 101 Å². The number of pyridine rings is 1. The van der Waals surface area contributed by atoms with E-state index < -0.39 is 34.6 Å². The third-order valence-electron chi connectivity index (χ3n) is 9.16. The van der Waals surface area contributed by atoms with E-state index in [-0.39, 0.29) is 11.3 Å². The first-order chi connectivity index (χ1) is 22.8. The van der Waals surface area contributed by atoms with Gasteiger partial charge in [-0.3, -0.25) is 4.79 Å². The SMILES string of the molecule is COc1c(F)c(F)c(C2=CC(c3ccccc3)=C3CCCC(/C=C4\CCCc5c(-c6ccccc6)cc(=O)n(C)c54)=C3O2)c(F)c1F. The van der Waals surface area contributed by atoms with Gasteiger partial charge >= 0.3 is 0 Å². The van der Waals surface area contributed by atoms with Crippen LogP contribution in [-0.2, 0) is 18.2 Å². The topological polar surface area (TPSA) is 40.5 Å². The zero-order valence-corrected chi connectivity index (χ0v) is 25.9. The third-order valence-corrected chi connectivity index (χ3v) is 9.16. The minimum absolute atomic E-state index is 0.128. The Balaban J connectivity index is 1.44. The second-order valence-electron chi connectivity index (χ2n) is 11.9. The summed E-state index contributed by atoms with van der Waals surface area (Å²) >= 11 is 0. The van der Waals surface area contributed by atoms with Gasteiger partial charge < -0.3 is 14.0 Å². The van der Waals surface area contributed by atoms with Gasteiger partial charge in [0.15, 0.2) is 17.4 Å². The lowest BCUT2D eigenvalue weighted by Crippen LogP contribution is -2.24. The molecular weight excluding hydrogens is 606 g/mol. The molecule has 47 heavy (non-hydrogen) atoms. The van der Waals surface area contributed by atoms with Gasteiger partial charge in [-0.15, -0.1) is 0 Å². The van der Waals surface area contributed by atoms with Gasteiger partial charge in [0.2, 0.25) is 11.6 Å². The zero-order valence-electron chi connectivity index (χ0n) is 25.9. The molecule has 2 aliphatic carbocycles. The standard InChI is InChI=1S/C39H31F4NO3/c1-44-31(45)21-29(23-13-7-4-8-14-23)26-17-9-15-24(37(26)44)19-25-16-10-18-27-28(22-11-5-3-6-12-22)20-30(47-38(25)27)32-33(40)35(42)39(46-2)36(43)34(32)41/h3-8,11-14,19-21H,9-10,15-18H2,1-2H3/b24-19+. The quantitative estimate of drug-likeness (QED) is 0.162. The smallest absolute Gasteiger partial charge is 0.251 e. The van der Waals surface area contributed by atoms with Crippen LogP contribution in [0.1, 0.15) is 54.5 Å². The van der Waals surface area contributed by atoms with E-state index in [1.165, 1.54) is 6.08 Å². The lowest BCUT2D eigenvalue weighted by atomic mass is 9.82. The van der Waals surface area contributed by atoms with Gasteiger partial charge in [0.05, 0.1) is 18.4 Å². The highest BCUT2D eigenvalue weighted by Gasteiger charge is 2.34. The molecule has 7 rings (SSSR count). The summed E-state index contributed by atoms with van der Waals surface area (Å²) < 4.78 is 73.3. The molecule has 4 nitrogen and oxygen atoms in total. The van der Waals surface area contributed by atoms with Crippen molar-refractivity contribution in [3.05, 3.63) is 152 Å². The molecule has 238 valence electrons. The molecule has 0 spiro atoms. The van der Waals surface area contributed by atoms with E-state index in [0.717, 1.165) is 71.0 Å². The van der Waals surface area contributed by atoms with Crippen molar-refractivity contribution < 1.29 is 27.0 Å². The van der Waals surface area contributed by atoms with Crippen molar-refractivity contribution in [3.63, 3.8) is 0 Å². The molecule has 1 aliphatic heterocycles. The van der Waals surface area contributed by atoms with Crippen LogP contribution in [0.25, 0.3) is 28.0 Å². The third kappa shape index (κ3) is 5.22. The van der Waals surface area contributed by atoms with E-state index in [2.05, 4.69) is 4.74 Å². The van der Waals surface area contributed by atoms with E-state index in [4.69, 9.17) is 4.74 Å². The Bertz CT molecular complexity index is 2080. The number of ether oxygens (including phenoxy) is 2. The van der Waals surface area contributed by atoms with Crippen LogP contribution in [-0.4, -0.2) is 11.7 Å². The number of halogens is 4. The summed E-state index contributed by atoms with van der Waals surface area (Å²) in [6.07, 6.45) is 7.85. The summed E-state index contributed by atoms with van der Waals surface area (Å²) in [5.74, 6) is -7.59. The minimum Gasteiger partial charge on any atom is -0.491 e. The van der Waals surface area contributed by atoms with Crippen LogP contribution in [0.5, 0.6) is 5.75 Å². The molecule has 0 atom stereocenters. The Hall–Kier alpha value is -5.11. The molecule has 1 aromatic heterocycles. The molecule has 2 heterocycles. The summed E-state index contributed by atoms with van der Waals surface area (Å²) in [6.45, 7) is 0. The van der Waals surface area contributed by atoms with Gasteiger partial charge in [-0.2, -0.15) is 8.78 Å². The van der Waals surface area contributed by atoms with Gasteiger partial charge in [0, 0.05) is 18.7 Å². The van der Waals surface area contributed by atoms with Gasteiger partial charge in [0.1, 0.15) is 11.5 Å². The van der Waals surface area contributed by atoms with Crippen molar-refractivity contribution >= 4 is 16.9 Å². The van der Waals surface area contributed by atoms with Crippen LogP contribution in [0.3, 0.4) is 0 Å². The Morgan fingerprint density at radius 2 is 1.45 bits per heavy atom. The number of aromatic nitrogens is 1. The fourth-order valence-corrected chi connectivity index (χ4v) is 6.97. The molecule has 0 fully saturated rings. The lowest BCUT2D eigenvalue weighted by molar-refractivity contribution is 0.323. The first-order valence-corrected chi connectivity index (χ1v) is 15.6. The van der Waals surface area contributed by atoms with Gasteiger partial charge in [-0.05, 0) is 83.6 Å². The van der Waals surface area contributed by atoms with E-state index in [9.17, 15) is 13.6 Å². The van der Waals surface area contributed by atoms with Gasteiger partial charge in [0.25, 0.3) is 5.56 Å². The number of nitrogens with zero attached hydrogens (tertiary/aromatic N) is 1. The van der Waals surface area contributed by atoms with Crippen molar-refractivity contribution in [3.8, 4) is 16.9 Å². The first-order valence-electron chi connectivity index (χ1n) is 15.6. The fraction of sp³-hybridized carbons (Fsp3) is 0.205. The first kappa shape index (κ1) is 30.5. The van der Waals surface area contributed by atoms with Crippen molar-refractivity contribution in [1.82, 2.24) is 4.57 Å². The predicted octanol–water partition coefficient (Wildman–Crippen LogP) is 9.30. The maximum atomic E-state index is 15.5. The van der Waals surface area contributed by atoms with E-state index in [0.29, 0.717) is 30.6 Å². The molecule has 0 radical (unpaired) electrons. The number of methoxy groups -OCH3 is 1. The molecule has 0 N–H and O–H groups in total. The number of rotatable bonds is 5. The predicted molar refractivity (Wildman–Crippen MR) is 174 cm³/mol. The van der Waals surface area contributed by atoms with Crippen molar-refractivity contribution in [2.24, 2.45) is 7.05 Å². The average Bonchev–Trinajstić information content (AvgIpc) is 3.10. The molecule has 8 heteroatoms. The Morgan fingerprint density at radius 1 is 0.809 bits per heavy atom. The summed E-state index contributed by atoms with van der Waals surface area (Å²) in [6, 6.07) is 20.8. The second-order valence-corrected chi connectivity index (χ2v) is 11.9. The Labute approximate surface area is 269 Å². The van der Waals surface area contributed by atoms with Crippen molar-refractivity contribution in [1.29, 1.82) is 0 Å².